The van der Waals surface area contributed by atoms with E-state index in [2.05, 4.69) is 16.0 Å². The zero-order valence-corrected chi connectivity index (χ0v) is 14.6. The quantitative estimate of drug-likeness (QED) is 0.753. The van der Waals surface area contributed by atoms with Crippen molar-refractivity contribution in [1.29, 1.82) is 0 Å². The minimum absolute atomic E-state index is 0.0326. The lowest BCUT2D eigenvalue weighted by molar-refractivity contribution is -0.122. The molecule has 0 spiro atoms. The fourth-order valence-corrected chi connectivity index (χ4v) is 3.43. The van der Waals surface area contributed by atoms with E-state index in [1.54, 1.807) is 12.1 Å². The van der Waals surface area contributed by atoms with Crippen molar-refractivity contribution in [3.63, 3.8) is 0 Å². The fourth-order valence-electron chi connectivity index (χ4n) is 3.43. The van der Waals surface area contributed by atoms with Crippen LogP contribution in [0.1, 0.15) is 27.5 Å². The van der Waals surface area contributed by atoms with Crippen LogP contribution >= 0.6 is 0 Å². The van der Waals surface area contributed by atoms with Crippen LogP contribution in [0.4, 0.5) is 19.3 Å². The second kappa shape index (κ2) is 6.91. The van der Waals surface area contributed by atoms with E-state index >= 15 is 0 Å². The number of anilines is 1. The lowest BCUT2D eigenvalue weighted by Gasteiger charge is -2.31. The molecule has 3 N–H and O–H groups in total. The average molecular weight is 386 g/mol. The highest BCUT2D eigenvalue weighted by Gasteiger charge is 2.31. The molecule has 7 nitrogen and oxygen atoms in total. The third-order valence-corrected chi connectivity index (χ3v) is 4.73. The molecule has 28 heavy (non-hydrogen) atoms. The van der Waals surface area contributed by atoms with Gasteiger partial charge in [-0.25, -0.2) is 13.6 Å². The summed E-state index contributed by atoms with van der Waals surface area (Å²) in [6.45, 7) is -0.0229. The number of fused-ring (bicyclic) bond motifs is 2. The molecule has 4 rings (SSSR count). The molecule has 4 amide bonds. The van der Waals surface area contributed by atoms with Crippen LogP contribution in [-0.4, -0.2) is 35.8 Å². The Kier molecular flexibility index (Phi) is 4.42. The van der Waals surface area contributed by atoms with E-state index in [1.165, 1.54) is 4.90 Å². The van der Waals surface area contributed by atoms with Gasteiger partial charge in [-0.05, 0) is 17.7 Å². The zero-order chi connectivity index (χ0) is 19.8. The highest BCUT2D eigenvalue weighted by Crippen LogP contribution is 2.27. The Morgan fingerprint density at radius 3 is 2.82 bits per heavy atom. The Bertz CT molecular complexity index is 995. The van der Waals surface area contributed by atoms with E-state index in [-0.39, 0.29) is 30.8 Å². The van der Waals surface area contributed by atoms with Crippen molar-refractivity contribution in [2.24, 2.45) is 0 Å². The standard InChI is InChI=1S/C19H16F2N4O3/c20-11-5-12-17(13(21)6-11)15(7-22-18(12)27)23-16(26)9-25-8-10-3-1-2-4-14(10)24-19(25)28/h1-6,15H,7-9H2,(H,22,27)(H,23,26)(H,24,28). The van der Waals surface area contributed by atoms with Crippen molar-refractivity contribution >= 4 is 23.5 Å². The minimum Gasteiger partial charge on any atom is -0.350 e. The van der Waals surface area contributed by atoms with Crippen molar-refractivity contribution < 1.29 is 23.2 Å². The van der Waals surface area contributed by atoms with Crippen molar-refractivity contribution in [2.75, 3.05) is 18.4 Å². The topological polar surface area (TPSA) is 90.5 Å². The molecule has 2 aromatic rings. The summed E-state index contributed by atoms with van der Waals surface area (Å²) >= 11 is 0. The van der Waals surface area contributed by atoms with E-state index in [0.29, 0.717) is 11.8 Å². The number of carbonyl (C=O) groups is 3. The van der Waals surface area contributed by atoms with Gasteiger partial charge in [0.2, 0.25) is 5.91 Å². The number of halogens is 2. The number of benzene rings is 2. The van der Waals surface area contributed by atoms with E-state index in [9.17, 15) is 23.2 Å². The van der Waals surface area contributed by atoms with Crippen LogP contribution in [0.2, 0.25) is 0 Å². The van der Waals surface area contributed by atoms with Gasteiger partial charge in [-0.1, -0.05) is 18.2 Å². The summed E-state index contributed by atoms with van der Waals surface area (Å²) in [6.07, 6.45) is 0. The van der Waals surface area contributed by atoms with Crippen LogP contribution < -0.4 is 16.0 Å². The molecule has 144 valence electrons. The van der Waals surface area contributed by atoms with E-state index in [1.807, 2.05) is 12.1 Å². The molecule has 2 aliphatic heterocycles. The lowest BCUT2D eigenvalue weighted by Crippen LogP contribution is -2.48. The molecule has 1 unspecified atom stereocenters. The molecule has 9 heteroatoms. The number of nitrogens with one attached hydrogen (secondary N) is 3. The van der Waals surface area contributed by atoms with Gasteiger partial charge in [0.1, 0.15) is 18.2 Å². The molecule has 0 saturated heterocycles. The lowest BCUT2D eigenvalue weighted by atomic mass is 9.95. The Hall–Kier alpha value is -3.49. The zero-order valence-electron chi connectivity index (χ0n) is 14.6. The molecule has 0 aliphatic carbocycles. The minimum atomic E-state index is -0.903. The van der Waals surface area contributed by atoms with Gasteiger partial charge in [-0.3, -0.25) is 9.59 Å². The molecular weight excluding hydrogens is 370 g/mol. The maximum Gasteiger partial charge on any atom is 0.322 e. The highest BCUT2D eigenvalue weighted by atomic mass is 19.1. The summed E-state index contributed by atoms with van der Waals surface area (Å²) in [4.78, 5) is 37.9. The third-order valence-electron chi connectivity index (χ3n) is 4.73. The molecule has 2 aromatic carbocycles. The van der Waals surface area contributed by atoms with E-state index < -0.39 is 35.5 Å². The summed E-state index contributed by atoms with van der Waals surface area (Å²) in [5.74, 6) is -2.90. The van der Waals surface area contributed by atoms with E-state index in [0.717, 1.165) is 11.6 Å². The maximum absolute atomic E-state index is 14.2. The van der Waals surface area contributed by atoms with Gasteiger partial charge >= 0.3 is 6.03 Å². The normalized spacial score (nSPS) is 17.9. The van der Waals surface area contributed by atoms with Crippen LogP contribution in [0.5, 0.6) is 0 Å². The molecule has 0 aromatic heterocycles. The second-order valence-electron chi connectivity index (χ2n) is 6.62. The first-order valence-electron chi connectivity index (χ1n) is 8.62. The molecule has 2 aliphatic rings. The Labute approximate surface area is 158 Å². The number of carbonyl (C=O) groups excluding carboxylic acids is 3. The average Bonchev–Trinajstić information content (AvgIpc) is 2.64. The van der Waals surface area contributed by atoms with Crippen LogP contribution in [-0.2, 0) is 11.3 Å². The predicted octanol–water partition coefficient (Wildman–Crippen LogP) is 1.91. The third kappa shape index (κ3) is 3.26. The van der Waals surface area contributed by atoms with Gasteiger partial charge in [0.15, 0.2) is 0 Å². The van der Waals surface area contributed by atoms with Crippen molar-refractivity contribution in [2.45, 2.75) is 12.6 Å². The molecule has 2 heterocycles. The van der Waals surface area contributed by atoms with Crippen LogP contribution in [0, 0.1) is 11.6 Å². The number of rotatable bonds is 3. The number of amides is 4. The Morgan fingerprint density at radius 2 is 2.00 bits per heavy atom. The van der Waals surface area contributed by atoms with Gasteiger partial charge < -0.3 is 20.9 Å². The SMILES string of the molecule is O=C(CN1Cc2ccccc2NC1=O)NC1CNC(=O)c2cc(F)cc(F)c21. The number of para-hydroxylation sites is 1. The largest absolute Gasteiger partial charge is 0.350 e. The van der Waals surface area contributed by atoms with Gasteiger partial charge in [0.05, 0.1) is 18.2 Å². The van der Waals surface area contributed by atoms with Crippen molar-refractivity contribution in [3.05, 3.63) is 64.7 Å². The first-order chi connectivity index (χ1) is 13.4. The van der Waals surface area contributed by atoms with Crippen LogP contribution in [0.3, 0.4) is 0 Å². The monoisotopic (exact) mass is 386 g/mol. The number of urea groups is 1. The van der Waals surface area contributed by atoms with Crippen LogP contribution in [0.15, 0.2) is 36.4 Å². The molecule has 0 fully saturated rings. The van der Waals surface area contributed by atoms with Crippen molar-refractivity contribution in [3.8, 4) is 0 Å². The smallest absolute Gasteiger partial charge is 0.322 e. The summed E-state index contributed by atoms with van der Waals surface area (Å²) < 4.78 is 27.7. The van der Waals surface area contributed by atoms with Gasteiger partial charge in [0, 0.05) is 23.9 Å². The first kappa shape index (κ1) is 17.9. The summed E-state index contributed by atoms with van der Waals surface area (Å²) in [5, 5.41) is 7.81. The number of hydrogen-bond acceptors (Lipinski definition) is 3. The van der Waals surface area contributed by atoms with Gasteiger partial charge in [-0.15, -0.1) is 0 Å². The molecule has 0 radical (unpaired) electrons. The first-order valence-corrected chi connectivity index (χ1v) is 8.62. The Morgan fingerprint density at radius 1 is 1.21 bits per heavy atom. The second-order valence-corrected chi connectivity index (χ2v) is 6.62. The molecule has 0 saturated carbocycles. The highest BCUT2D eigenvalue weighted by molar-refractivity contribution is 5.98. The summed E-state index contributed by atoms with van der Waals surface area (Å²) in [5.41, 5.74) is 1.34. The Balaban J connectivity index is 1.49. The molecule has 1 atom stereocenters. The van der Waals surface area contributed by atoms with Crippen molar-refractivity contribution in [1.82, 2.24) is 15.5 Å². The predicted molar refractivity (Wildman–Crippen MR) is 95.4 cm³/mol. The van der Waals surface area contributed by atoms with Gasteiger partial charge in [0.25, 0.3) is 5.91 Å². The number of nitrogens with zero attached hydrogens (tertiary/aromatic N) is 1. The molecule has 0 bridgehead atoms. The number of hydrogen-bond donors (Lipinski definition) is 3. The van der Waals surface area contributed by atoms with Gasteiger partial charge in [-0.2, -0.15) is 0 Å². The van der Waals surface area contributed by atoms with E-state index in [4.69, 9.17) is 0 Å². The summed E-state index contributed by atoms with van der Waals surface area (Å²) in [6, 6.07) is 7.57. The summed E-state index contributed by atoms with van der Waals surface area (Å²) in [7, 11) is 0. The fraction of sp³-hybridized carbons (Fsp3) is 0.211. The maximum atomic E-state index is 14.2. The molecular formula is C19H16F2N4O3. The van der Waals surface area contributed by atoms with Crippen LogP contribution in [0.25, 0.3) is 0 Å².